The van der Waals surface area contributed by atoms with E-state index in [9.17, 15) is 5.26 Å². The van der Waals surface area contributed by atoms with Gasteiger partial charge < -0.3 is 5.32 Å². The normalized spacial score (nSPS) is 11.9. The fourth-order valence-electron chi connectivity index (χ4n) is 1.80. The van der Waals surface area contributed by atoms with Crippen molar-refractivity contribution in [3.05, 3.63) is 50.7 Å². The largest absolute Gasteiger partial charge is 0.377 e. The molecule has 1 unspecified atom stereocenters. The topological polar surface area (TPSA) is 35.8 Å². The van der Waals surface area contributed by atoms with Gasteiger partial charge in [-0.15, -0.1) is 11.3 Å². The van der Waals surface area contributed by atoms with Crippen molar-refractivity contribution < 1.29 is 0 Å². The number of nitrogens with one attached hydrogen (secondary N) is 1. The summed E-state index contributed by atoms with van der Waals surface area (Å²) in [5.74, 6) is 0. The second-order valence-electron chi connectivity index (χ2n) is 4.16. The number of hydrogen-bond acceptors (Lipinski definition) is 3. The number of nitriles is 1. The molecule has 1 heterocycles. The van der Waals surface area contributed by atoms with Crippen LogP contribution in [0, 0.1) is 18.3 Å². The lowest BCUT2D eigenvalue weighted by molar-refractivity contribution is 0.889. The molecule has 0 aliphatic carbocycles. The zero-order chi connectivity index (χ0) is 13.1. The molecule has 92 valence electrons. The first kappa shape index (κ1) is 12.9. The minimum absolute atomic E-state index is 0.127. The van der Waals surface area contributed by atoms with Crippen LogP contribution < -0.4 is 5.32 Å². The first-order valence-electron chi connectivity index (χ1n) is 5.62. The molecule has 1 N–H and O–H groups in total. The third-order valence-corrected chi connectivity index (χ3v) is 3.95. The van der Waals surface area contributed by atoms with Gasteiger partial charge >= 0.3 is 0 Å². The molecular weight excluding hydrogens is 264 g/mol. The minimum atomic E-state index is 0.127. The van der Waals surface area contributed by atoms with Gasteiger partial charge in [0.2, 0.25) is 0 Å². The van der Waals surface area contributed by atoms with Gasteiger partial charge in [-0.05, 0) is 42.5 Å². The Bertz CT molecular complexity index is 598. The van der Waals surface area contributed by atoms with Gasteiger partial charge in [0.1, 0.15) is 6.07 Å². The highest BCUT2D eigenvalue weighted by Crippen LogP contribution is 2.28. The zero-order valence-electron chi connectivity index (χ0n) is 10.2. The van der Waals surface area contributed by atoms with Crippen LogP contribution in [0.1, 0.15) is 29.7 Å². The van der Waals surface area contributed by atoms with Crippen LogP contribution in [0.4, 0.5) is 5.69 Å². The lowest BCUT2D eigenvalue weighted by Gasteiger charge is -2.16. The van der Waals surface area contributed by atoms with Crippen molar-refractivity contribution in [1.82, 2.24) is 0 Å². The summed E-state index contributed by atoms with van der Waals surface area (Å²) in [5.41, 5.74) is 3.69. The molecular formula is C14H13ClN2S. The molecule has 0 aliphatic heterocycles. The molecule has 2 nitrogen and oxygen atoms in total. The second kappa shape index (κ2) is 5.43. The minimum Gasteiger partial charge on any atom is -0.377 e. The molecule has 0 fully saturated rings. The smallest absolute Gasteiger partial charge is 0.102 e. The summed E-state index contributed by atoms with van der Waals surface area (Å²) in [6.45, 7) is 4.00. The Hall–Kier alpha value is -1.50. The van der Waals surface area contributed by atoms with E-state index >= 15 is 0 Å². The number of hydrogen-bond donors (Lipinski definition) is 1. The summed E-state index contributed by atoms with van der Waals surface area (Å²) in [5, 5.41) is 14.6. The molecule has 0 spiro atoms. The van der Waals surface area contributed by atoms with E-state index in [4.69, 9.17) is 11.6 Å². The van der Waals surface area contributed by atoms with Crippen molar-refractivity contribution in [3.63, 3.8) is 0 Å². The molecule has 0 aliphatic rings. The van der Waals surface area contributed by atoms with Crippen LogP contribution in [-0.4, -0.2) is 0 Å². The summed E-state index contributed by atoms with van der Waals surface area (Å²) in [6, 6.07) is 10.1. The van der Waals surface area contributed by atoms with Gasteiger partial charge in [0.15, 0.2) is 0 Å². The summed E-state index contributed by atoms with van der Waals surface area (Å²) in [4.78, 5) is 0. The highest BCUT2D eigenvalue weighted by Gasteiger charge is 2.11. The third kappa shape index (κ3) is 2.66. The zero-order valence-corrected chi connectivity index (χ0v) is 11.8. The van der Waals surface area contributed by atoms with E-state index in [1.165, 1.54) is 11.3 Å². The predicted octanol–water partition coefficient (Wildman–Crippen LogP) is 4.75. The third-order valence-electron chi connectivity index (χ3n) is 2.84. The van der Waals surface area contributed by atoms with Crippen molar-refractivity contribution in [3.8, 4) is 6.07 Å². The number of aryl methyl sites for hydroxylation is 1. The first-order chi connectivity index (χ1) is 8.61. The fourth-order valence-corrected chi connectivity index (χ4v) is 2.79. The van der Waals surface area contributed by atoms with Crippen molar-refractivity contribution in [2.45, 2.75) is 19.9 Å². The maximum Gasteiger partial charge on any atom is 0.102 e. The van der Waals surface area contributed by atoms with Gasteiger partial charge in [-0.1, -0.05) is 23.7 Å². The molecule has 2 aromatic rings. The average molecular weight is 277 g/mol. The van der Waals surface area contributed by atoms with Gasteiger partial charge in [-0.2, -0.15) is 5.26 Å². The molecule has 4 heteroatoms. The van der Waals surface area contributed by atoms with Crippen LogP contribution in [0.25, 0.3) is 0 Å². The lowest BCUT2D eigenvalue weighted by Crippen LogP contribution is -2.07. The van der Waals surface area contributed by atoms with Crippen molar-refractivity contribution in [1.29, 1.82) is 5.26 Å². The molecule has 1 aromatic heterocycles. The molecule has 0 amide bonds. The van der Waals surface area contributed by atoms with E-state index < -0.39 is 0 Å². The highest BCUT2D eigenvalue weighted by atomic mass is 35.5. The van der Waals surface area contributed by atoms with Gasteiger partial charge in [0, 0.05) is 6.04 Å². The Labute approximate surface area is 116 Å². The quantitative estimate of drug-likeness (QED) is 0.878. The van der Waals surface area contributed by atoms with Crippen molar-refractivity contribution in [2.24, 2.45) is 0 Å². The number of anilines is 1. The van der Waals surface area contributed by atoms with Crippen LogP contribution in [0.15, 0.2) is 29.6 Å². The van der Waals surface area contributed by atoms with E-state index in [0.29, 0.717) is 5.56 Å². The molecule has 2 rings (SSSR count). The Morgan fingerprint density at radius 1 is 1.44 bits per heavy atom. The second-order valence-corrected chi connectivity index (χ2v) is 5.70. The lowest BCUT2D eigenvalue weighted by atomic mass is 10.1. The molecule has 18 heavy (non-hydrogen) atoms. The highest BCUT2D eigenvalue weighted by molar-refractivity contribution is 7.14. The van der Waals surface area contributed by atoms with E-state index in [0.717, 1.165) is 21.2 Å². The Kier molecular flexibility index (Phi) is 3.90. The number of nitrogens with zero attached hydrogens (tertiary/aromatic N) is 1. The van der Waals surface area contributed by atoms with Crippen molar-refractivity contribution in [2.75, 3.05) is 5.32 Å². The Balaban J connectivity index is 2.25. The van der Waals surface area contributed by atoms with Crippen LogP contribution in [-0.2, 0) is 0 Å². The SMILES string of the molecule is Cc1cccc(NC(C)c2csc(Cl)c2)c1C#N. The molecule has 1 aromatic carbocycles. The maximum atomic E-state index is 9.18. The van der Waals surface area contributed by atoms with Crippen LogP contribution in [0.3, 0.4) is 0 Å². The molecule has 0 bridgehead atoms. The van der Waals surface area contributed by atoms with Gasteiger partial charge in [-0.3, -0.25) is 0 Å². The summed E-state index contributed by atoms with van der Waals surface area (Å²) in [6.07, 6.45) is 0. The fraction of sp³-hybridized carbons (Fsp3) is 0.214. The number of thiophene rings is 1. The molecule has 0 saturated heterocycles. The first-order valence-corrected chi connectivity index (χ1v) is 6.87. The van der Waals surface area contributed by atoms with E-state index in [1.54, 1.807) is 0 Å². The Morgan fingerprint density at radius 2 is 2.22 bits per heavy atom. The molecule has 0 saturated carbocycles. The summed E-state index contributed by atoms with van der Waals surface area (Å²) >= 11 is 7.45. The number of benzene rings is 1. The molecule has 1 atom stereocenters. The van der Waals surface area contributed by atoms with Crippen LogP contribution >= 0.6 is 22.9 Å². The number of rotatable bonds is 3. The number of halogens is 1. The standard InChI is InChI=1S/C14H13ClN2S/c1-9-4-3-5-13(12(9)7-16)17-10(2)11-6-14(15)18-8-11/h3-6,8,10,17H,1-2H3. The average Bonchev–Trinajstić information content (AvgIpc) is 2.76. The maximum absolute atomic E-state index is 9.18. The van der Waals surface area contributed by atoms with Crippen LogP contribution in [0.2, 0.25) is 4.34 Å². The van der Waals surface area contributed by atoms with Gasteiger partial charge in [0.05, 0.1) is 15.6 Å². The van der Waals surface area contributed by atoms with Crippen LogP contribution in [0.5, 0.6) is 0 Å². The van der Waals surface area contributed by atoms with Gasteiger partial charge in [0.25, 0.3) is 0 Å². The summed E-state index contributed by atoms with van der Waals surface area (Å²) in [7, 11) is 0. The van der Waals surface area contributed by atoms with E-state index in [1.807, 2.05) is 36.6 Å². The van der Waals surface area contributed by atoms with E-state index in [-0.39, 0.29) is 6.04 Å². The Morgan fingerprint density at radius 3 is 2.83 bits per heavy atom. The monoisotopic (exact) mass is 276 g/mol. The predicted molar refractivity (Wildman–Crippen MR) is 77.3 cm³/mol. The van der Waals surface area contributed by atoms with Gasteiger partial charge in [-0.25, -0.2) is 0 Å². The van der Waals surface area contributed by atoms with Crippen molar-refractivity contribution >= 4 is 28.6 Å². The molecule has 0 radical (unpaired) electrons. The summed E-state index contributed by atoms with van der Waals surface area (Å²) < 4.78 is 0.781. The van der Waals surface area contributed by atoms with E-state index in [2.05, 4.69) is 18.3 Å².